The predicted molar refractivity (Wildman–Crippen MR) is 71.8 cm³/mol. The zero-order valence-corrected chi connectivity index (χ0v) is 11.7. The van der Waals surface area contributed by atoms with E-state index in [4.69, 9.17) is 15.7 Å². The van der Waals surface area contributed by atoms with Crippen molar-refractivity contribution in [2.45, 2.75) is 24.3 Å². The molecule has 0 radical (unpaired) electrons. The first-order chi connectivity index (χ1) is 8.94. The fourth-order valence-corrected chi connectivity index (χ4v) is 3.03. The third-order valence-electron chi connectivity index (χ3n) is 2.60. The summed E-state index contributed by atoms with van der Waals surface area (Å²) < 4.78 is 31.9. The zero-order chi connectivity index (χ0) is 14.5. The summed E-state index contributed by atoms with van der Waals surface area (Å²) in [6.45, 7) is 2.12. The maximum absolute atomic E-state index is 12.2. The van der Waals surface area contributed by atoms with Crippen molar-refractivity contribution in [1.29, 1.82) is 5.26 Å². The van der Waals surface area contributed by atoms with Gasteiger partial charge in [-0.15, -0.1) is 0 Å². The summed E-state index contributed by atoms with van der Waals surface area (Å²) in [6.07, 6.45) is 0.587. The highest BCUT2D eigenvalue weighted by Gasteiger charge is 2.22. The average molecular weight is 283 g/mol. The molecule has 7 heteroatoms. The number of hydrogen-bond acceptors (Lipinski definition) is 5. The van der Waals surface area contributed by atoms with Crippen LogP contribution in [0.3, 0.4) is 0 Å². The van der Waals surface area contributed by atoms with Gasteiger partial charge >= 0.3 is 0 Å². The van der Waals surface area contributed by atoms with Crippen LogP contribution in [0.15, 0.2) is 23.1 Å². The molecule has 1 aromatic carbocycles. The SMILES string of the molecule is CCC(COC)NS(=O)(=O)c1ccc(N)cc1C#N. The zero-order valence-electron chi connectivity index (χ0n) is 10.9. The van der Waals surface area contributed by atoms with Crippen LogP contribution in [0.1, 0.15) is 18.9 Å². The van der Waals surface area contributed by atoms with E-state index in [0.717, 1.165) is 0 Å². The smallest absolute Gasteiger partial charge is 0.242 e. The van der Waals surface area contributed by atoms with Crippen LogP contribution in [-0.2, 0) is 14.8 Å². The summed E-state index contributed by atoms with van der Waals surface area (Å²) in [6, 6.07) is 5.62. The van der Waals surface area contributed by atoms with Gasteiger partial charge in [0.1, 0.15) is 6.07 Å². The third-order valence-corrected chi connectivity index (χ3v) is 4.17. The summed E-state index contributed by atoms with van der Waals surface area (Å²) in [5.74, 6) is 0. The van der Waals surface area contributed by atoms with Gasteiger partial charge < -0.3 is 10.5 Å². The number of nitrogens with two attached hydrogens (primary N) is 1. The van der Waals surface area contributed by atoms with E-state index >= 15 is 0 Å². The van der Waals surface area contributed by atoms with Crippen molar-refractivity contribution in [1.82, 2.24) is 4.72 Å². The molecule has 0 saturated heterocycles. The second-order valence-electron chi connectivity index (χ2n) is 4.05. The largest absolute Gasteiger partial charge is 0.399 e. The number of methoxy groups -OCH3 is 1. The summed E-state index contributed by atoms with van der Waals surface area (Å²) in [7, 11) is -2.26. The maximum atomic E-state index is 12.2. The minimum atomic E-state index is -3.76. The molecule has 1 rings (SSSR count). The number of sulfonamides is 1. The van der Waals surface area contributed by atoms with E-state index in [1.807, 2.05) is 13.0 Å². The molecule has 0 aliphatic carbocycles. The van der Waals surface area contributed by atoms with Gasteiger partial charge in [-0.05, 0) is 24.6 Å². The second-order valence-corrected chi connectivity index (χ2v) is 5.73. The Hall–Kier alpha value is -1.62. The Morgan fingerprint density at radius 3 is 2.74 bits per heavy atom. The quantitative estimate of drug-likeness (QED) is 0.753. The molecule has 0 aliphatic rings. The number of benzene rings is 1. The Bertz CT molecular complexity index is 578. The van der Waals surface area contributed by atoms with E-state index in [1.165, 1.54) is 25.3 Å². The summed E-state index contributed by atoms with van der Waals surface area (Å²) in [4.78, 5) is -0.0706. The van der Waals surface area contributed by atoms with Crippen LogP contribution in [0.5, 0.6) is 0 Å². The van der Waals surface area contributed by atoms with Crippen LogP contribution in [0.2, 0.25) is 0 Å². The molecule has 6 nitrogen and oxygen atoms in total. The molecule has 1 atom stereocenters. The third kappa shape index (κ3) is 3.92. The van der Waals surface area contributed by atoms with Crippen molar-refractivity contribution >= 4 is 15.7 Å². The lowest BCUT2D eigenvalue weighted by molar-refractivity contribution is 0.173. The van der Waals surface area contributed by atoms with Gasteiger partial charge in [-0.25, -0.2) is 13.1 Å². The Morgan fingerprint density at radius 1 is 1.53 bits per heavy atom. The summed E-state index contributed by atoms with van der Waals surface area (Å²) >= 11 is 0. The Morgan fingerprint density at radius 2 is 2.21 bits per heavy atom. The molecule has 0 heterocycles. The minimum absolute atomic E-state index is 0.0276. The monoisotopic (exact) mass is 283 g/mol. The summed E-state index contributed by atoms with van der Waals surface area (Å²) in [5.41, 5.74) is 5.91. The molecule has 0 bridgehead atoms. The number of anilines is 1. The lowest BCUT2D eigenvalue weighted by Crippen LogP contribution is -2.37. The van der Waals surface area contributed by atoms with Gasteiger partial charge in [-0.2, -0.15) is 5.26 Å². The number of nitriles is 1. The molecule has 3 N–H and O–H groups in total. The van der Waals surface area contributed by atoms with Crippen molar-refractivity contribution in [2.24, 2.45) is 0 Å². The molecule has 0 aromatic heterocycles. The van der Waals surface area contributed by atoms with Crippen LogP contribution in [0.4, 0.5) is 5.69 Å². The lowest BCUT2D eigenvalue weighted by atomic mass is 10.2. The highest BCUT2D eigenvalue weighted by atomic mass is 32.2. The van der Waals surface area contributed by atoms with Gasteiger partial charge in [0, 0.05) is 18.8 Å². The van der Waals surface area contributed by atoms with Gasteiger partial charge in [0.05, 0.1) is 17.1 Å². The topological polar surface area (TPSA) is 105 Å². The highest BCUT2D eigenvalue weighted by Crippen LogP contribution is 2.18. The normalized spacial score (nSPS) is 12.9. The number of hydrogen-bond donors (Lipinski definition) is 2. The minimum Gasteiger partial charge on any atom is -0.399 e. The van der Waals surface area contributed by atoms with Crippen LogP contribution < -0.4 is 10.5 Å². The van der Waals surface area contributed by atoms with Crippen LogP contribution in [0.25, 0.3) is 0 Å². The molecule has 0 fully saturated rings. The van der Waals surface area contributed by atoms with E-state index in [2.05, 4.69) is 4.72 Å². The first-order valence-corrected chi connectivity index (χ1v) is 7.23. The van der Waals surface area contributed by atoms with Crippen LogP contribution >= 0.6 is 0 Å². The molecule has 0 saturated carbocycles. The molecule has 104 valence electrons. The van der Waals surface area contributed by atoms with Crippen molar-refractivity contribution < 1.29 is 13.2 Å². The number of nitrogens with zero attached hydrogens (tertiary/aromatic N) is 1. The molecular weight excluding hydrogens is 266 g/mol. The number of nitrogen functional groups attached to an aromatic ring is 1. The Balaban J connectivity index is 3.10. The van der Waals surface area contributed by atoms with E-state index in [1.54, 1.807) is 0 Å². The van der Waals surface area contributed by atoms with Crippen molar-refractivity contribution in [2.75, 3.05) is 19.5 Å². The number of ether oxygens (including phenoxy) is 1. The first-order valence-electron chi connectivity index (χ1n) is 5.75. The lowest BCUT2D eigenvalue weighted by Gasteiger charge is -2.16. The number of nitrogens with one attached hydrogen (secondary N) is 1. The van der Waals surface area contributed by atoms with E-state index in [0.29, 0.717) is 12.1 Å². The van der Waals surface area contributed by atoms with Crippen LogP contribution in [0, 0.1) is 11.3 Å². The molecule has 0 spiro atoms. The molecule has 1 aromatic rings. The molecule has 19 heavy (non-hydrogen) atoms. The standard InChI is InChI=1S/C12H17N3O3S/c1-3-11(8-18-2)15-19(16,17)12-5-4-10(14)6-9(12)7-13/h4-6,11,15H,3,8,14H2,1-2H3. The second kappa shape index (κ2) is 6.52. The van der Waals surface area contributed by atoms with E-state index < -0.39 is 10.0 Å². The summed E-state index contributed by atoms with van der Waals surface area (Å²) in [5, 5.41) is 8.98. The van der Waals surface area contributed by atoms with Gasteiger partial charge in [-0.3, -0.25) is 0 Å². The van der Waals surface area contributed by atoms with Gasteiger partial charge in [0.15, 0.2) is 0 Å². The maximum Gasteiger partial charge on any atom is 0.242 e. The molecule has 0 aliphatic heterocycles. The Labute approximate surface area is 113 Å². The fourth-order valence-electron chi connectivity index (χ4n) is 1.59. The Kier molecular flexibility index (Phi) is 5.30. The van der Waals surface area contributed by atoms with Gasteiger partial charge in [0.25, 0.3) is 0 Å². The van der Waals surface area contributed by atoms with Gasteiger partial charge in [0.2, 0.25) is 10.0 Å². The fraction of sp³-hybridized carbons (Fsp3) is 0.417. The van der Waals surface area contributed by atoms with Crippen LogP contribution in [-0.4, -0.2) is 28.2 Å². The van der Waals surface area contributed by atoms with E-state index in [9.17, 15) is 8.42 Å². The predicted octanol–water partition coefficient (Wildman–Crippen LogP) is 0.844. The van der Waals surface area contributed by atoms with Crippen molar-refractivity contribution in [3.8, 4) is 6.07 Å². The average Bonchev–Trinajstić information content (AvgIpc) is 2.37. The van der Waals surface area contributed by atoms with E-state index in [-0.39, 0.29) is 23.1 Å². The van der Waals surface area contributed by atoms with Gasteiger partial charge in [-0.1, -0.05) is 6.92 Å². The highest BCUT2D eigenvalue weighted by molar-refractivity contribution is 7.89. The number of rotatable bonds is 6. The van der Waals surface area contributed by atoms with Crippen molar-refractivity contribution in [3.63, 3.8) is 0 Å². The first kappa shape index (κ1) is 15.4. The molecule has 0 amide bonds. The van der Waals surface area contributed by atoms with Crippen molar-refractivity contribution in [3.05, 3.63) is 23.8 Å². The molecule has 1 unspecified atom stereocenters. The molecular formula is C12H17N3O3S.